The van der Waals surface area contributed by atoms with Gasteiger partial charge in [-0.2, -0.15) is 0 Å². The Labute approximate surface area is 138 Å². The van der Waals surface area contributed by atoms with Crippen molar-refractivity contribution >= 4 is 11.3 Å². The van der Waals surface area contributed by atoms with Crippen LogP contribution in [0.1, 0.15) is 36.7 Å². The van der Waals surface area contributed by atoms with E-state index in [1.807, 2.05) is 27.7 Å². The molecule has 0 aliphatic rings. The summed E-state index contributed by atoms with van der Waals surface area (Å²) in [5.41, 5.74) is 4.19. The fourth-order valence-electron chi connectivity index (χ4n) is 3.06. The fraction of sp³-hybridized carbons (Fsp3) is 0.294. The summed E-state index contributed by atoms with van der Waals surface area (Å²) in [7, 11) is 0. The Kier molecular flexibility index (Phi) is 3.71. The maximum absolute atomic E-state index is 12.7. The van der Waals surface area contributed by atoms with Crippen LogP contribution in [0.5, 0.6) is 0 Å². The molecule has 3 aromatic rings. The lowest BCUT2D eigenvalue weighted by Crippen LogP contribution is -2.22. The zero-order chi connectivity index (χ0) is 17.6. The fourth-order valence-corrected chi connectivity index (χ4v) is 3.06. The first-order valence-corrected chi connectivity index (χ1v) is 7.68. The van der Waals surface area contributed by atoms with Gasteiger partial charge in [0, 0.05) is 34.6 Å². The number of non-ortho nitro benzene ring substituents is 1. The number of aryl methyl sites for hydroxylation is 2. The Hall–Kier alpha value is -2.96. The van der Waals surface area contributed by atoms with E-state index >= 15 is 0 Å². The highest BCUT2D eigenvalue weighted by molar-refractivity contribution is 5.80. The quantitative estimate of drug-likeness (QED) is 0.590. The molecule has 7 heteroatoms. The monoisotopic (exact) mass is 326 g/mol. The Morgan fingerprint density at radius 2 is 1.83 bits per heavy atom. The number of nitro groups is 1. The minimum Gasteiger partial charge on any atom is -0.293 e. The van der Waals surface area contributed by atoms with Gasteiger partial charge in [0.25, 0.3) is 11.2 Å². The molecule has 2 heterocycles. The molecule has 0 aliphatic heterocycles. The summed E-state index contributed by atoms with van der Waals surface area (Å²) in [5, 5.41) is 13.9. The molecule has 1 aromatic carbocycles. The van der Waals surface area contributed by atoms with Crippen molar-refractivity contribution in [3.63, 3.8) is 0 Å². The maximum atomic E-state index is 12.7. The molecule has 0 aliphatic carbocycles. The maximum Gasteiger partial charge on any atom is 0.276 e. The van der Waals surface area contributed by atoms with Crippen LogP contribution < -0.4 is 5.56 Å². The summed E-state index contributed by atoms with van der Waals surface area (Å²) in [6, 6.07) is 6.25. The van der Waals surface area contributed by atoms with Crippen molar-refractivity contribution in [3.05, 3.63) is 61.7 Å². The predicted molar refractivity (Wildman–Crippen MR) is 91.5 cm³/mol. The van der Waals surface area contributed by atoms with Crippen LogP contribution in [0.25, 0.3) is 16.8 Å². The van der Waals surface area contributed by atoms with Gasteiger partial charge in [-0.3, -0.25) is 20.0 Å². The van der Waals surface area contributed by atoms with Crippen LogP contribution in [0, 0.1) is 24.0 Å². The molecule has 124 valence electrons. The standard InChI is InChI=1S/C17H18N4O3/c1-9(2)14-10(3)18-16-15(11(4)19-20(16)17(14)22)12-5-7-13(8-6-12)21(23)24/h5-9,19H,1-4H3. The molecule has 24 heavy (non-hydrogen) atoms. The van der Waals surface area contributed by atoms with Crippen LogP contribution in [-0.2, 0) is 0 Å². The van der Waals surface area contributed by atoms with E-state index in [2.05, 4.69) is 10.1 Å². The summed E-state index contributed by atoms with van der Waals surface area (Å²) < 4.78 is 1.45. The Morgan fingerprint density at radius 3 is 2.38 bits per heavy atom. The number of hydrogen-bond donors (Lipinski definition) is 1. The Morgan fingerprint density at radius 1 is 1.21 bits per heavy atom. The molecule has 0 radical (unpaired) electrons. The first-order valence-electron chi connectivity index (χ1n) is 7.68. The van der Waals surface area contributed by atoms with E-state index in [-0.39, 0.29) is 17.2 Å². The highest BCUT2D eigenvalue weighted by atomic mass is 16.6. The number of aromatic nitrogens is 3. The topological polar surface area (TPSA) is 93.3 Å². The SMILES string of the molecule is Cc1nc2c(-c3ccc([N+](=O)[O-])cc3)c(C)[nH]n2c(=O)c1C(C)C. The summed E-state index contributed by atoms with van der Waals surface area (Å²) in [6.07, 6.45) is 0. The average Bonchev–Trinajstić information content (AvgIpc) is 2.83. The second-order valence-electron chi connectivity index (χ2n) is 6.15. The van der Waals surface area contributed by atoms with Gasteiger partial charge in [0.2, 0.25) is 0 Å². The van der Waals surface area contributed by atoms with Crippen LogP contribution >= 0.6 is 0 Å². The van der Waals surface area contributed by atoms with E-state index in [0.29, 0.717) is 16.9 Å². The molecule has 1 N–H and O–H groups in total. The number of H-pyrrole nitrogens is 1. The van der Waals surface area contributed by atoms with Crippen molar-refractivity contribution in [1.29, 1.82) is 0 Å². The molecule has 0 bridgehead atoms. The lowest BCUT2D eigenvalue weighted by molar-refractivity contribution is -0.384. The third kappa shape index (κ3) is 2.38. The zero-order valence-corrected chi connectivity index (χ0v) is 14.0. The lowest BCUT2D eigenvalue weighted by atomic mass is 10.0. The van der Waals surface area contributed by atoms with E-state index < -0.39 is 4.92 Å². The van der Waals surface area contributed by atoms with Gasteiger partial charge in [-0.25, -0.2) is 9.50 Å². The number of rotatable bonds is 3. The van der Waals surface area contributed by atoms with Crippen LogP contribution in [-0.4, -0.2) is 19.5 Å². The number of nitrogens with zero attached hydrogens (tertiary/aromatic N) is 3. The molecule has 7 nitrogen and oxygen atoms in total. The van der Waals surface area contributed by atoms with E-state index in [0.717, 1.165) is 16.8 Å². The molecular weight excluding hydrogens is 308 g/mol. The molecule has 0 spiro atoms. The summed E-state index contributed by atoms with van der Waals surface area (Å²) in [4.78, 5) is 27.7. The van der Waals surface area contributed by atoms with E-state index in [1.54, 1.807) is 12.1 Å². The summed E-state index contributed by atoms with van der Waals surface area (Å²) >= 11 is 0. The van der Waals surface area contributed by atoms with Crippen molar-refractivity contribution in [1.82, 2.24) is 14.6 Å². The van der Waals surface area contributed by atoms with Gasteiger partial charge < -0.3 is 0 Å². The molecule has 0 saturated carbocycles. The minimum absolute atomic E-state index is 0.0274. The van der Waals surface area contributed by atoms with Crippen molar-refractivity contribution in [2.24, 2.45) is 0 Å². The van der Waals surface area contributed by atoms with Crippen LogP contribution in [0.3, 0.4) is 0 Å². The van der Waals surface area contributed by atoms with Gasteiger partial charge in [0.1, 0.15) is 0 Å². The zero-order valence-electron chi connectivity index (χ0n) is 14.0. The Bertz CT molecular complexity index is 997. The van der Waals surface area contributed by atoms with E-state index in [9.17, 15) is 14.9 Å². The number of fused-ring (bicyclic) bond motifs is 1. The predicted octanol–water partition coefficient (Wildman–Crippen LogP) is 3.34. The second kappa shape index (κ2) is 5.59. The molecule has 0 fully saturated rings. The molecular formula is C17H18N4O3. The number of nitro benzene ring substituents is 1. The second-order valence-corrected chi connectivity index (χ2v) is 6.15. The number of nitrogens with one attached hydrogen (secondary N) is 1. The van der Waals surface area contributed by atoms with Gasteiger partial charge in [0.05, 0.1) is 4.92 Å². The molecule has 0 amide bonds. The van der Waals surface area contributed by atoms with E-state index in [4.69, 9.17) is 0 Å². The largest absolute Gasteiger partial charge is 0.293 e. The van der Waals surface area contributed by atoms with Gasteiger partial charge >= 0.3 is 0 Å². The average molecular weight is 326 g/mol. The van der Waals surface area contributed by atoms with Crippen LogP contribution in [0.2, 0.25) is 0 Å². The summed E-state index contributed by atoms with van der Waals surface area (Å²) in [6.45, 7) is 7.61. The number of benzene rings is 1. The first kappa shape index (κ1) is 15.9. The van der Waals surface area contributed by atoms with Gasteiger partial charge in [-0.1, -0.05) is 13.8 Å². The van der Waals surface area contributed by atoms with Crippen LogP contribution in [0.4, 0.5) is 5.69 Å². The van der Waals surface area contributed by atoms with Crippen LogP contribution in [0.15, 0.2) is 29.1 Å². The van der Waals surface area contributed by atoms with E-state index in [1.165, 1.54) is 16.6 Å². The smallest absolute Gasteiger partial charge is 0.276 e. The Balaban J connectivity index is 2.28. The number of aromatic amines is 1. The molecule has 0 atom stereocenters. The summed E-state index contributed by atoms with van der Waals surface area (Å²) in [5.74, 6) is 0.0772. The van der Waals surface area contributed by atoms with Crippen molar-refractivity contribution in [3.8, 4) is 11.1 Å². The normalized spacial score (nSPS) is 11.4. The van der Waals surface area contributed by atoms with Crippen molar-refractivity contribution in [2.75, 3.05) is 0 Å². The van der Waals surface area contributed by atoms with Crippen molar-refractivity contribution in [2.45, 2.75) is 33.6 Å². The lowest BCUT2D eigenvalue weighted by Gasteiger charge is -2.08. The highest BCUT2D eigenvalue weighted by Gasteiger charge is 2.19. The van der Waals surface area contributed by atoms with Gasteiger partial charge in [-0.15, -0.1) is 0 Å². The third-order valence-electron chi connectivity index (χ3n) is 4.13. The molecule has 2 aromatic heterocycles. The third-order valence-corrected chi connectivity index (χ3v) is 4.13. The first-order chi connectivity index (χ1) is 11.3. The minimum atomic E-state index is -0.437. The molecule has 3 rings (SSSR count). The van der Waals surface area contributed by atoms with Gasteiger partial charge in [0.15, 0.2) is 5.65 Å². The van der Waals surface area contributed by atoms with Crippen molar-refractivity contribution < 1.29 is 4.92 Å². The highest BCUT2D eigenvalue weighted by Crippen LogP contribution is 2.29. The molecule has 0 saturated heterocycles. The van der Waals surface area contributed by atoms with Gasteiger partial charge in [-0.05, 0) is 37.5 Å². The number of hydrogen-bond acceptors (Lipinski definition) is 4. The molecule has 0 unspecified atom stereocenters.